The highest BCUT2D eigenvalue weighted by Crippen LogP contribution is 2.31. The maximum Gasteiger partial charge on any atom is 0.416 e. The predicted molar refractivity (Wildman–Crippen MR) is 90.3 cm³/mol. The van der Waals surface area contributed by atoms with Gasteiger partial charge >= 0.3 is 12.2 Å². The van der Waals surface area contributed by atoms with Crippen LogP contribution in [0.3, 0.4) is 0 Å². The van der Waals surface area contributed by atoms with Gasteiger partial charge < -0.3 is 15.6 Å². The average molecular weight is 363 g/mol. The maximum absolute atomic E-state index is 13.7. The van der Waals surface area contributed by atoms with Crippen molar-refractivity contribution in [2.45, 2.75) is 6.18 Å². The summed E-state index contributed by atoms with van der Waals surface area (Å²) in [5.41, 5.74) is 0.689. The molecule has 1 heterocycles. The zero-order valence-corrected chi connectivity index (χ0v) is 13.2. The van der Waals surface area contributed by atoms with E-state index >= 15 is 0 Å². The molecule has 0 spiro atoms. The molecule has 3 aromatic rings. The summed E-state index contributed by atoms with van der Waals surface area (Å²) in [5.74, 6) is -0.962. The number of aromatic nitrogens is 1. The maximum atomic E-state index is 13.7. The number of nitrogens with one attached hydrogen (secondary N) is 3. The Hall–Kier alpha value is -3.29. The molecule has 0 radical (unpaired) electrons. The van der Waals surface area contributed by atoms with E-state index in [9.17, 15) is 22.4 Å². The van der Waals surface area contributed by atoms with Crippen LogP contribution in [0, 0.1) is 5.82 Å². The number of carbonyl (C=O) groups is 1. The Balaban J connectivity index is 1.69. The molecule has 0 atom stereocenters. The Labute approximate surface area is 145 Å². The van der Waals surface area contributed by atoms with Gasteiger partial charge in [0.1, 0.15) is 5.82 Å². The lowest BCUT2D eigenvalue weighted by molar-refractivity contribution is -0.137. The number of carbonyl (C=O) groups excluding carboxylic acids is 1. The molecule has 0 unspecified atom stereocenters. The summed E-state index contributed by atoms with van der Waals surface area (Å²) in [6.07, 6.45) is -1.04. The van der Waals surface area contributed by atoms with Crippen molar-refractivity contribution in [2.75, 3.05) is 10.6 Å². The molecule has 3 rings (SSSR count). The van der Waals surface area contributed by atoms with Crippen LogP contribution in [0.1, 0.15) is 5.56 Å². The summed E-state index contributed by atoms with van der Waals surface area (Å²) in [5, 5.41) is 4.53. The van der Waals surface area contributed by atoms with E-state index in [1.807, 2.05) is 12.3 Å². The molecule has 0 saturated carbocycles. The van der Waals surface area contributed by atoms with Crippen molar-refractivity contribution in [3.63, 3.8) is 0 Å². The van der Waals surface area contributed by atoms with Crippen molar-refractivity contribution in [3.05, 3.63) is 72.3 Å². The van der Waals surface area contributed by atoms with E-state index in [2.05, 4.69) is 15.6 Å². The van der Waals surface area contributed by atoms with Gasteiger partial charge in [-0.1, -0.05) is 12.1 Å². The van der Waals surface area contributed by atoms with E-state index < -0.39 is 29.3 Å². The first kappa shape index (κ1) is 17.5. The largest absolute Gasteiger partial charge is 0.416 e. The Bertz CT molecular complexity index is 903. The Morgan fingerprint density at radius 3 is 2.27 bits per heavy atom. The third-order valence-corrected chi connectivity index (χ3v) is 3.62. The van der Waals surface area contributed by atoms with Crippen LogP contribution < -0.4 is 10.6 Å². The number of benzene rings is 2. The first-order chi connectivity index (χ1) is 12.3. The number of anilines is 2. The van der Waals surface area contributed by atoms with Gasteiger partial charge in [0, 0.05) is 18.1 Å². The van der Waals surface area contributed by atoms with E-state index in [1.165, 1.54) is 0 Å². The van der Waals surface area contributed by atoms with Crippen molar-refractivity contribution >= 4 is 17.4 Å². The summed E-state index contributed by atoms with van der Waals surface area (Å²) < 4.78 is 51.7. The minimum atomic E-state index is -4.63. The molecule has 3 N–H and O–H groups in total. The number of hydrogen-bond acceptors (Lipinski definition) is 1. The van der Waals surface area contributed by atoms with Gasteiger partial charge in [0.05, 0.1) is 11.3 Å². The number of aromatic amines is 1. The second kappa shape index (κ2) is 6.91. The summed E-state index contributed by atoms with van der Waals surface area (Å²) in [4.78, 5) is 14.9. The van der Waals surface area contributed by atoms with Crippen molar-refractivity contribution in [1.82, 2.24) is 4.98 Å². The molecule has 0 aliphatic carbocycles. The molecule has 8 heteroatoms. The molecule has 4 nitrogen and oxygen atoms in total. The lowest BCUT2D eigenvalue weighted by atomic mass is 10.1. The fourth-order valence-corrected chi connectivity index (χ4v) is 2.33. The minimum absolute atomic E-state index is 0.411. The molecular formula is C18H13F4N3O. The van der Waals surface area contributed by atoms with Crippen LogP contribution in [-0.4, -0.2) is 11.0 Å². The standard InChI is InChI=1S/C18H13F4N3O/c19-15-6-3-13(18(20,21)22)9-16(15)25-17(26)24-14-4-1-11(2-5-14)12-7-8-23-10-12/h1-10,23H,(H2,24,25,26). The van der Waals surface area contributed by atoms with E-state index in [4.69, 9.17) is 0 Å². The normalized spacial score (nSPS) is 11.2. The van der Waals surface area contributed by atoms with Crippen LogP contribution in [0.4, 0.5) is 33.7 Å². The molecule has 0 saturated heterocycles. The molecule has 1 aromatic heterocycles. The highest BCUT2D eigenvalue weighted by molar-refractivity contribution is 6.00. The summed E-state index contributed by atoms with van der Waals surface area (Å²) >= 11 is 0. The monoisotopic (exact) mass is 363 g/mol. The Morgan fingerprint density at radius 2 is 1.65 bits per heavy atom. The molecule has 26 heavy (non-hydrogen) atoms. The summed E-state index contributed by atoms with van der Waals surface area (Å²) in [6.45, 7) is 0. The number of urea groups is 1. The number of H-pyrrole nitrogens is 1. The quantitative estimate of drug-likeness (QED) is 0.530. The fourth-order valence-electron chi connectivity index (χ4n) is 2.33. The van der Waals surface area contributed by atoms with Gasteiger partial charge in [-0.2, -0.15) is 13.2 Å². The Kier molecular flexibility index (Phi) is 4.66. The molecule has 0 aliphatic heterocycles. The number of hydrogen-bond donors (Lipinski definition) is 3. The fraction of sp³-hybridized carbons (Fsp3) is 0.0556. The first-order valence-electron chi connectivity index (χ1n) is 7.51. The molecule has 134 valence electrons. The van der Waals surface area contributed by atoms with Crippen molar-refractivity contribution in [2.24, 2.45) is 0 Å². The van der Waals surface area contributed by atoms with Crippen LogP contribution in [0.25, 0.3) is 11.1 Å². The summed E-state index contributed by atoms with van der Waals surface area (Å²) in [7, 11) is 0. The molecule has 0 fully saturated rings. The number of alkyl halides is 3. The lowest BCUT2D eigenvalue weighted by Gasteiger charge is -2.12. The molecule has 2 amide bonds. The molecule has 0 bridgehead atoms. The smallest absolute Gasteiger partial charge is 0.367 e. The summed E-state index contributed by atoms with van der Waals surface area (Å²) in [6, 6.07) is 9.64. The number of rotatable bonds is 3. The van der Waals surface area contributed by atoms with E-state index in [1.54, 1.807) is 30.5 Å². The van der Waals surface area contributed by atoms with E-state index in [0.717, 1.165) is 11.1 Å². The first-order valence-corrected chi connectivity index (χ1v) is 7.51. The molecule has 0 aliphatic rings. The minimum Gasteiger partial charge on any atom is -0.367 e. The van der Waals surface area contributed by atoms with E-state index in [-0.39, 0.29) is 0 Å². The van der Waals surface area contributed by atoms with Gasteiger partial charge in [-0.25, -0.2) is 9.18 Å². The zero-order valence-electron chi connectivity index (χ0n) is 13.2. The van der Waals surface area contributed by atoms with Gasteiger partial charge in [-0.3, -0.25) is 0 Å². The van der Waals surface area contributed by atoms with Crippen molar-refractivity contribution in [3.8, 4) is 11.1 Å². The number of halogens is 4. The van der Waals surface area contributed by atoms with Crippen LogP contribution >= 0.6 is 0 Å². The zero-order chi connectivity index (χ0) is 18.7. The van der Waals surface area contributed by atoms with E-state index in [0.29, 0.717) is 23.9 Å². The van der Waals surface area contributed by atoms with Gasteiger partial charge in [-0.15, -0.1) is 0 Å². The van der Waals surface area contributed by atoms with Gasteiger partial charge in [0.15, 0.2) is 0 Å². The van der Waals surface area contributed by atoms with Crippen LogP contribution in [0.15, 0.2) is 60.9 Å². The second-order valence-corrected chi connectivity index (χ2v) is 5.45. The number of amides is 2. The molecular weight excluding hydrogens is 350 g/mol. The van der Waals surface area contributed by atoms with Crippen molar-refractivity contribution < 1.29 is 22.4 Å². The van der Waals surface area contributed by atoms with Gasteiger partial charge in [-0.05, 0) is 47.5 Å². The molecule has 2 aromatic carbocycles. The SMILES string of the molecule is O=C(Nc1ccc(-c2cc[nH]c2)cc1)Nc1cc(C(F)(F)F)ccc1F. The van der Waals surface area contributed by atoms with Crippen LogP contribution in [0.5, 0.6) is 0 Å². The predicted octanol–water partition coefficient (Wildman–Crippen LogP) is 5.48. The van der Waals surface area contributed by atoms with Crippen LogP contribution in [0.2, 0.25) is 0 Å². The third kappa shape index (κ3) is 4.02. The topological polar surface area (TPSA) is 56.9 Å². The average Bonchev–Trinajstić information content (AvgIpc) is 3.11. The van der Waals surface area contributed by atoms with Crippen molar-refractivity contribution in [1.29, 1.82) is 0 Å². The highest BCUT2D eigenvalue weighted by Gasteiger charge is 2.31. The van der Waals surface area contributed by atoms with Gasteiger partial charge in [0.2, 0.25) is 0 Å². The van der Waals surface area contributed by atoms with Gasteiger partial charge in [0.25, 0.3) is 0 Å². The lowest BCUT2D eigenvalue weighted by Crippen LogP contribution is -2.20. The highest BCUT2D eigenvalue weighted by atomic mass is 19.4. The second-order valence-electron chi connectivity index (χ2n) is 5.45. The third-order valence-electron chi connectivity index (χ3n) is 3.62. The van der Waals surface area contributed by atoms with Crippen LogP contribution in [-0.2, 0) is 6.18 Å². The Morgan fingerprint density at radius 1 is 0.923 bits per heavy atom.